The summed E-state index contributed by atoms with van der Waals surface area (Å²) < 4.78 is 0. The van der Waals surface area contributed by atoms with E-state index in [4.69, 9.17) is 5.41 Å². The van der Waals surface area contributed by atoms with Crippen molar-refractivity contribution >= 4 is 11.6 Å². The Morgan fingerprint density at radius 1 is 1.13 bits per heavy atom. The van der Waals surface area contributed by atoms with Crippen LogP contribution in [0.2, 0.25) is 0 Å². The fourth-order valence-corrected chi connectivity index (χ4v) is 4.78. The molecule has 1 aromatic rings. The van der Waals surface area contributed by atoms with E-state index >= 15 is 0 Å². The van der Waals surface area contributed by atoms with Gasteiger partial charge in [-0.1, -0.05) is 68.7 Å². The SMILES string of the molecule is CCC[C@@H]1CN(CC(=O)c2cc(C(C)(C)C)c(O)c(C(C)(C)C)c2)C(=N)[C@@H]1C(C)C. The summed E-state index contributed by atoms with van der Waals surface area (Å²) in [5.41, 5.74) is 1.71. The van der Waals surface area contributed by atoms with E-state index in [2.05, 4.69) is 62.3 Å². The van der Waals surface area contributed by atoms with Crippen molar-refractivity contribution in [1.29, 1.82) is 5.41 Å². The van der Waals surface area contributed by atoms with E-state index in [0.717, 1.165) is 30.5 Å². The second-order valence-electron chi connectivity index (χ2n) is 11.4. The molecule has 4 heteroatoms. The number of phenolic OH excluding ortho intramolecular Hbond substituents is 1. The molecule has 2 rings (SSSR count). The van der Waals surface area contributed by atoms with Crippen molar-refractivity contribution < 1.29 is 9.90 Å². The second-order valence-corrected chi connectivity index (χ2v) is 11.4. The Labute approximate surface area is 183 Å². The molecule has 0 spiro atoms. The van der Waals surface area contributed by atoms with E-state index in [0.29, 0.717) is 29.0 Å². The number of hydrogen-bond donors (Lipinski definition) is 2. The summed E-state index contributed by atoms with van der Waals surface area (Å²) in [6.07, 6.45) is 2.20. The molecular weight excluding hydrogens is 372 g/mol. The van der Waals surface area contributed by atoms with Crippen LogP contribution in [-0.2, 0) is 10.8 Å². The number of Topliss-reactive ketones (excluding diaryl/α,β-unsaturated/α-hetero) is 1. The first-order valence-electron chi connectivity index (χ1n) is 11.4. The van der Waals surface area contributed by atoms with Crippen LogP contribution in [0.4, 0.5) is 0 Å². The van der Waals surface area contributed by atoms with E-state index in [1.165, 1.54) is 0 Å². The molecular formula is C26H42N2O2. The third-order valence-electron chi connectivity index (χ3n) is 6.38. The Hall–Kier alpha value is -1.84. The maximum Gasteiger partial charge on any atom is 0.182 e. The highest BCUT2D eigenvalue weighted by atomic mass is 16.3. The monoisotopic (exact) mass is 414 g/mol. The Morgan fingerprint density at radius 3 is 2.03 bits per heavy atom. The molecule has 2 atom stereocenters. The van der Waals surface area contributed by atoms with Gasteiger partial charge in [-0.15, -0.1) is 0 Å². The normalized spacial score (nSPS) is 20.3. The number of ketones is 1. The van der Waals surface area contributed by atoms with Gasteiger partial charge in [-0.2, -0.15) is 0 Å². The minimum absolute atomic E-state index is 0.0235. The summed E-state index contributed by atoms with van der Waals surface area (Å²) in [6, 6.07) is 3.71. The van der Waals surface area contributed by atoms with Gasteiger partial charge in [-0.3, -0.25) is 10.2 Å². The van der Waals surface area contributed by atoms with E-state index in [1.807, 2.05) is 17.0 Å². The third-order valence-corrected chi connectivity index (χ3v) is 6.38. The number of rotatable bonds is 6. The van der Waals surface area contributed by atoms with E-state index < -0.39 is 0 Å². The Morgan fingerprint density at radius 2 is 1.63 bits per heavy atom. The van der Waals surface area contributed by atoms with Gasteiger partial charge in [0, 0.05) is 29.2 Å². The molecule has 168 valence electrons. The zero-order valence-corrected chi connectivity index (χ0v) is 20.5. The maximum absolute atomic E-state index is 13.3. The molecule has 30 heavy (non-hydrogen) atoms. The van der Waals surface area contributed by atoms with E-state index in [1.54, 1.807) is 0 Å². The molecule has 1 fully saturated rings. The number of hydrogen-bond acceptors (Lipinski definition) is 3. The fraction of sp³-hybridized carbons (Fsp3) is 0.692. The van der Waals surface area contributed by atoms with Gasteiger partial charge in [0.1, 0.15) is 5.75 Å². The Balaban J connectivity index is 2.38. The predicted molar refractivity (Wildman–Crippen MR) is 126 cm³/mol. The van der Waals surface area contributed by atoms with Crippen LogP contribution >= 0.6 is 0 Å². The number of aromatic hydroxyl groups is 1. The molecule has 0 bridgehead atoms. The highest BCUT2D eigenvalue weighted by Crippen LogP contribution is 2.40. The first-order valence-corrected chi connectivity index (χ1v) is 11.4. The Bertz CT molecular complexity index is 761. The minimum Gasteiger partial charge on any atom is -0.507 e. The van der Waals surface area contributed by atoms with Gasteiger partial charge in [0.2, 0.25) is 0 Å². The van der Waals surface area contributed by atoms with Gasteiger partial charge in [0.05, 0.1) is 12.4 Å². The molecule has 1 saturated heterocycles. The summed E-state index contributed by atoms with van der Waals surface area (Å²) in [5, 5.41) is 19.6. The lowest BCUT2D eigenvalue weighted by Crippen LogP contribution is -2.33. The molecule has 1 heterocycles. The van der Waals surface area contributed by atoms with Crippen molar-refractivity contribution in [2.45, 2.75) is 86.0 Å². The van der Waals surface area contributed by atoms with Crippen LogP contribution in [0.5, 0.6) is 5.75 Å². The van der Waals surface area contributed by atoms with Gasteiger partial charge < -0.3 is 10.0 Å². The lowest BCUT2D eigenvalue weighted by molar-refractivity contribution is 0.0963. The van der Waals surface area contributed by atoms with Crippen molar-refractivity contribution in [1.82, 2.24) is 4.90 Å². The second kappa shape index (κ2) is 8.72. The fourth-order valence-electron chi connectivity index (χ4n) is 4.78. The van der Waals surface area contributed by atoms with Crippen molar-refractivity contribution in [3.63, 3.8) is 0 Å². The number of phenols is 1. The summed E-state index contributed by atoms with van der Waals surface area (Å²) in [7, 11) is 0. The third kappa shape index (κ3) is 5.07. The summed E-state index contributed by atoms with van der Waals surface area (Å²) in [5.74, 6) is 2.02. The molecule has 0 aromatic heterocycles. The number of amidine groups is 1. The summed E-state index contributed by atoms with van der Waals surface area (Å²) >= 11 is 0. The number of carbonyl (C=O) groups excluding carboxylic acids is 1. The highest BCUT2D eigenvalue weighted by Gasteiger charge is 2.39. The van der Waals surface area contributed by atoms with Crippen LogP contribution in [0.3, 0.4) is 0 Å². The number of benzene rings is 1. The molecule has 0 amide bonds. The molecule has 1 aromatic carbocycles. The Kier molecular flexibility index (Phi) is 7.10. The zero-order chi connectivity index (χ0) is 23.0. The number of likely N-dealkylation sites (tertiary alicyclic amines) is 1. The van der Waals surface area contributed by atoms with Gasteiger partial charge in [-0.25, -0.2) is 0 Å². The van der Waals surface area contributed by atoms with Crippen LogP contribution in [0.1, 0.15) is 96.6 Å². The first kappa shape index (κ1) is 24.4. The number of nitrogens with zero attached hydrogens (tertiary/aromatic N) is 1. The largest absolute Gasteiger partial charge is 0.507 e. The molecule has 0 aliphatic carbocycles. The molecule has 1 aliphatic rings. The highest BCUT2D eigenvalue weighted by molar-refractivity contribution is 6.01. The lowest BCUT2D eigenvalue weighted by Gasteiger charge is -2.28. The van der Waals surface area contributed by atoms with Gasteiger partial charge in [-0.05, 0) is 41.2 Å². The lowest BCUT2D eigenvalue weighted by atomic mass is 9.78. The van der Waals surface area contributed by atoms with Crippen LogP contribution in [0.25, 0.3) is 0 Å². The van der Waals surface area contributed by atoms with Gasteiger partial charge in [0.15, 0.2) is 5.78 Å². The molecule has 0 unspecified atom stereocenters. The topological polar surface area (TPSA) is 64.4 Å². The number of carbonyl (C=O) groups is 1. The smallest absolute Gasteiger partial charge is 0.182 e. The molecule has 1 aliphatic heterocycles. The standard InChI is InChI=1S/C26H42N2O2/c1-10-11-17-14-28(24(27)22(17)16(2)3)15-21(29)18-12-19(25(4,5)6)23(30)20(13-18)26(7,8)9/h12-13,16-17,22,27,30H,10-11,14-15H2,1-9H3/t17-,22-/m1/s1. The average Bonchev–Trinajstić information content (AvgIpc) is 2.88. The predicted octanol–water partition coefficient (Wildman–Crippen LogP) is 6.15. The minimum atomic E-state index is -0.268. The maximum atomic E-state index is 13.3. The van der Waals surface area contributed by atoms with E-state index in [9.17, 15) is 9.90 Å². The zero-order valence-electron chi connectivity index (χ0n) is 20.5. The average molecular weight is 415 g/mol. The van der Waals surface area contributed by atoms with Gasteiger partial charge in [0.25, 0.3) is 0 Å². The first-order chi connectivity index (χ1) is 13.7. The van der Waals surface area contributed by atoms with Crippen LogP contribution in [-0.4, -0.2) is 34.7 Å². The molecule has 0 saturated carbocycles. The quantitative estimate of drug-likeness (QED) is 0.549. The summed E-state index contributed by atoms with van der Waals surface area (Å²) in [4.78, 5) is 15.3. The molecule has 2 N–H and O–H groups in total. The van der Waals surface area contributed by atoms with Gasteiger partial charge >= 0.3 is 0 Å². The van der Waals surface area contributed by atoms with Crippen molar-refractivity contribution in [2.24, 2.45) is 17.8 Å². The van der Waals surface area contributed by atoms with E-state index in [-0.39, 0.29) is 29.1 Å². The summed E-state index contributed by atoms with van der Waals surface area (Å²) in [6.45, 7) is 19.9. The molecule has 0 radical (unpaired) electrons. The van der Waals surface area contributed by atoms with Crippen LogP contribution in [0.15, 0.2) is 12.1 Å². The van der Waals surface area contributed by atoms with Crippen LogP contribution in [0, 0.1) is 23.2 Å². The van der Waals surface area contributed by atoms with Crippen molar-refractivity contribution in [2.75, 3.05) is 13.1 Å². The molecule has 4 nitrogen and oxygen atoms in total. The van der Waals surface area contributed by atoms with Crippen molar-refractivity contribution in [3.05, 3.63) is 28.8 Å². The van der Waals surface area contributed by atoms with Crippen LogP contribution < -0.4 is 0 Å². The van der Waals surface area contributed by atoms with Crippen molar-refractivity contribution in [3.8, 4) is 5.75 Å². The number of nitrogens with one attached hydrogen (secondary N) is 1.